The first-order chi connectivity index (χ1) is 5.20. The van der Waals surface area contributed by atoms with E-state index in [2.05, 4.69) is 29.4 Å². The Balaban J connectivity index is 2.51. The lowest BCUT2D eigenvalue weighted by Crippen LogP contribution is -2.03. The smallest absolute Gasteiger partial charge is 0.238 e. The monoisotopic (exact) mass is 172 g/mol. The van der Waals surface area contributed by atoms with Crippen molar-refractivity contribution < 1.29 is 0 Å². The number of H-pyrrole nitrogens is 1. The Morgan fingerprint density at radius 1 is 1.64 bits per heavy atom. The molecule has 1 aromatic rings. The van der Waals surface area contributed by atoms with Crippen LogP contribution in [0.1, 0.15) is 20.3 Å². The predicted octanol–water partition coefficient (Wildman–Crippen LogP) is 1.38. The molecule has 0 atom stereocenters. The van der Waals surface area contributed by atoms with Gasteiger partial charge in [0.25, 0.3) is 0 Å². The van der Waals surface area contributed by atoms with Crippen LogP contribution in [0.15, 0.2) is 0 Å². The van der Waals surface area contributed by atoms with Crippen LogP contribution in [-0.2, 0) is 6.54 Å². The maximum absolute atomic E-state index is 4.90. The Bertz CT molecular complexity index is 262. The van der Waals surface area contributed by atoms with Gasteiger partial charge in [0.1, 0.15) is 0 Å². The number of nitrogens with zero attached hydrogens (tertiary/aromatic N) is 3. The van der Waals surface area contributed by atoms with Crippen molar-refractivity contribution in [2.45, 2.75) is 26.8 Å². The summed E-state index contributed by atoms with van der Waals surface area (Å²) in [5.41, 5.74) is 0. The molecule has 0 unspecified atom stereocenters. The molecule has 0 saturated heterocycles. The highest BCUT2D eigenvalue weighted by Crippen LogP contribution is 2.00. The molecule has 0 aliphatic heterocycles. The largest absolute Gasteiger partial charge is 0.242 e. The van der Waals surface area contributed by atoms with E-state index in [1.165, 1.54) is 0 Å². The zero-order valence-corrected chi connectivity index (χ0v) is 7.56. The van der Waals surface area contributed by atoms with E-state index < -0.39 is 0 Å². The van der Waals surface area contributed by atoms with Gasteiger partial charge < -0.3 is 0 Å². The van der Waals surface area contributed by atoms with Gasteiger partial charge in [0.15, 0.2) is 0 Å². The molecule has 0 aliphatic rings. The molecule has 1 heterocycles. The summed E-state index contributed by atoms with van der Waals surface area (Å²) in [7, 11) is 0. The van der Waals surface area contributed by atoms with Crippen molar-refractivity contribution in [2.75, 3.05) is 0 Å². The summed E-state index contributed by atoms with van der Waals surface area (Å²) in [6.45, 7) is 5.23. The van der Waals surface area contributed by atoms with Crippen LogP contribution in [0.4, 0.5) is 0 Å². The molecule has 0 fully saturated rings. The molecule has 1 N–H and O–H groups in total. The van der Waals surface area contributed by atoms with Crippen LogP contribution in [0.5, 0.6) is 0 Å². The molecule has 62 valence electrons. The first-order valence-corrected chi connectivity index (χ1v) is 4.09. The van der Waals surface area contributed by atoms with Crippen LogP contribution in [-0.4, -0.2) is 20.2 Å². The van der Waals surface area contributed by atoms with E-state index in [0.717, 1.165) is 13.0 Å². The molecule has 0 spiro atoms. The summed E-state index contributed by atoms with van der Waals surface area (Å²) in [6, 6.07) is 0. The van der Waals surface area contributed by atoms with Gasteiger partial charge in [-0.25, -0.2) is 4.68 Å². The van der Waals surface area contributed by atoms with Gasteiger partial charge in [-0.05, 0) is 24.6 Å². The van der Waals surface area contributed by atoms with Gasteiger partial charge >= 0.3 is 0 Å². The Hall–Kier alpha value is -0.710. The van der Waals surface area contributed by atoms with Crippen molar-refractivity contribution in [3.63, 3.8) is 0 Å². The van der Waals surface area contributed by atoms with Crippen molar-refractivity contribution in [3.05, 3.63) is 4.77 Å². The lowest BCUT2D eigenvalue weighted by molar-refractivity contribution is 0.475. The van der Waals surface area contributed by atoms with Gasteiger partial charge in [-0.1, -0.05) is 24.2 Å². The van der Waals surface area contributed by atoms with Gasteiger partial charge in [0, 0.05) is 6.54 Å². The Kier molecular flexibility index (Phi) is 2.76. The molecule has 4 nitrogen and oxygen atoms in total. The minimum atomic E-state index is 0.533. The van der Waals surface area contributed by atoms with Crippen molar-refractivity contribution in [1.29, 1.82) is 0 Å². The summed E-state index contributed by atoms with van der Waals surface area (Å²) in [5.74, 6) is 0.681. The fraction of sp³-hybridized carbons (Fsp3) is 0.833. The number of aryl methyl sites for hydroxylation is 1. The average molecular weight is 172 g/mol. The van der Waals surface area contributed by atoms with Crippen molar-refractivity contribution in [1.82, 2.24) is 20.2 Å². The zero-order chi connectivity index (χ0) is 8.27. The second-order valence-corrected chi connectivity index (χ2v) is 3.28. The van der Waals surface area contributed by atoms with Crippen molar-refractivity contribution in [2.24, 2.45) is 5.92 Å². The highest BCUT2D eigenvalue weighted by molar-refractivity contribution is 7.71. The summed E-state index contributed by atoms with van der Waals surface area (Å²) in [5, 5.41) is 9.96. The molecule has 0 amide bonds. The van der Waals surface area contributed by atoms with Crippen LogP contribution in [0, 0.1) is 10.7 Å². The molecular weight excluding hydrogens is 160 g/mol. The molecule has 0 saturated carbocycles. The van der Waals surface area contributed by atoms with Crippen LogP contribution in [0.25, 0.3) is 0 Å². The quantitative estimate of drug-likeness (QED) is 0.701. The number of rotatable bonds is 3. The van der Waals surface area contributed by atoms with E-state index >= 15 is 0 Å². The van der Waals surface area contributed by atoms with Gasteiger partial charge in [-0.3, -0.25) is 0 Å². The Morgan fingerprint density at radius 3 is 2.82 bits per heavy atom. The summed E-state index contributed by atoms with van der Waals surface area (Å²) >= 11 is 4.90. The second kappa shape index (κ2) is 3.61. The predicted molar refractivity (Wildman–Crippen MR) is 44.7 cm³/mol. The lowest BCUT2D eigenvalue weighted by Gasteiger charge is -2.02. The zero-order valence-electron chi connectivity index (χ0n) is 6.74. The molecule has 5 heteroatoms. The van der Waals surface area contributed by atoms with Gasteiger partial charge in [-0.15, -0.1) is 0 Å². The Labute approximate surface area is 70.6 Å². The maximum atomic E-state index is 4.90. The third-order valence-corrected chi connectivity index (χ3v) is 1.76. The average Bonchev–Trinajstić information content (AvgIpc) is 2.31. The normalized spacial score (nSPS) is 10.8. The molecule has 11 heavy (non-hydrogen) atoms. The fourth-order valence-electron chi connectivity index (χ4n) is 0.749. The van der Waals surface area contributed by atoms with E-state index in [1.807, 2.05) is 0 Å². The highest BCUT2D eigenvalue weighted by Gasteiger charge is 1.97. The molecule has 0 bridgehead atoms. The minimum absolute atomic E-state index is 0.533. The van der Waals surface area contributed by atoms with E-state index in [1.54, 1.807) is 4.68 Å². The number of nitrogens with one attached hydrogen (secondary N) is 1. The van der Waals surface area contributed by atoms with E-state index in [0.29, 0.717) is 10.7 Å². The highest BCUT2D eigenvalue weighted by atomic mass is 32.1. The van der Waals surface area contributed by atoms with E-state index in [4.69, 9.17) is 12.2 Å². The van der Waals surface area contributed by atoms with E-state index in [9.17, 15) is 0 Å². The number of hydrogen-bond donors (Lipinski definition) is 1. The molecule has 0 aromatic carbocycles. The first kappa shape index (κ1) is 8.39. The number of tetrazole rings is 1. The molecule has 0 aliphatic carbocycles. The summed E-state index contributed by atoms with van der Waals surface area (Å²) < 4.78 is 2.31. The van der Waals surface area contributed by atoms with Gasteiger partial charge in [0.2, 0.25) is 4.77 Å². The number of aromatic amines is 1. The van der Waals surface area contributed by atoms with Crippen LogP contribution in [0.2, 0.25) is 0 Å². The topological polar surface area (TPSA) is 46.5 Å². The molecule has 1 rings (SSSR count). The molecule has 0 radical (unpaired) electrons. The standard InChI is InChI=1S/C6H12N4S/c1-5(2)3-4-10-6(11)7-8-9-10/h5H,3-4H2,1-2H3,(H,7,9,11). The number of hydrogen-bond acceptors (Lipinski definition) is 3. The van der Waals surface area contributed by atoms with Crippen molar-refractivity contribution in [3.8, 4) is 0 Å². The van der Waals surface area contributed by atoms with E-state index in [-0.39, 0.29) is 0 Å². The Morgan fingerprint density at radius 2 is 2.36 bits per heavy atom. The summed E-state index contributed by atoms with van der Waals surface area (Å²) in [6.07, 6.45) is 1.10. The SMILES string of the molecule is CC(C)CCn1[nH]nnc1=S. The van der Waals surface area contributed by atoms with Crippen LogP contribution in [0.3, 0.4) is 0 Å². The number of aromatic nitrogens is 4. The third-order valence-electron chi connectivity index (χ3n) is 1.46. The fourth-order valence-corrected chi connectivity index (χ4v) is 0.922. The second-order valence-electron chi connectivity index (χ2n) is 2.92. The molecular formula is C6H12N4S. The van der Waals surface area contributed by atoms with Gasteiger partial charge in [-0.2, -0.15) is 5.21 Å². The first-order valence-electron chi connectivity index (χ1n) is 3.68. The minimum Gasteiger partial charge on any atom is -0.242 e. The van der Waals surface area contributed by atoms with Crippen molar-refractivity contribution >= 4 is 12.2 Å². The maximum Gasteiger partial charge on any atom is 0.238 e. The lowest BCUT2D eigenvalue weighted by atomic mass is 10.1. The van der Waals surface area contributed by atoms with Crippen LogP contribution >= 0.6 is 12.2 Å². The summed E-state index contributed by atoms with van der Waals surface area (Å²) in [4.78, 5) is 0. The molecule has 1 aromatic heterocycles. The third kappa shape index (κ3) is 2.42. The van der Waals surface area contributed by atoms with Crippen LogP contribution < -0.4 is 0 Å². The van der Waals surface area contributed by atoms with Gasteiger partial charge in [0.05, 0.1) is 0 Å².